The molecule has 0 heterocycles. The SMILES string of the molecule is Fc1cc(Cl)cc(OCC(F)(F)F)c1. The fourth-order valence-electron chi connectivity index (χ4n) is 0.777. The van der Waals surface area contributed by atoms with Crippen LogP contribution in [0.15, 0.2) is 18.2 Å². The van der Waals surface area contributed by atoms with Gasteiger partial charge in [-0.3, -0.25) is 0 Å². The zero-order chi connectivity index (χ0) is 10.8. The highest BCUT2D eigenvalue weighted by Crippen LogP contribution is 2.22. The summed E-state index contributed by atoms with van der Waals surface area (Å²) in [5.41, 5.74) is 0. The lowest BCUT2D eigenvalue weighted by Gasteiger charge is -2.09. The van der Waals surface area contributed by atoms with E-state index >= 15 is 0 Å². The molecule has 0 fully saturated rings. The van der Waals surface area contributed by atoms with Crippen LogP contribution in [0.4, 0.5) is 17.6 Å². The summed E-state index contributed by atoms with van der Waals surface area (Å²) in [5, 5.41) is -0.0119. The third-order valence-corrected chi connectivity index (χ3v) is 1.46. The standard InChI is InChI=1S/C8H5ClF4O/c9-5-1-6(10)3-7(2-5)14-4-8(11,12)13/h1-3H,4H2. The van der Waals surface area contributed by atoms with Crippen molar-refractivity contribution in [3.05, 3.63) is 29.0 Å². The van der Waals surface area contributed by atoms with Crippen molar-refractivity contribution < 1.29 is 22.3 Å². The highest BCUT2D eigenvalue weighted by atomic mass is 35.5. The van der Waals surface area contributed by atoms with Crippen molar-refractivity contribution in [1.82, 2.24) is 0 Å². The predicted octanol–water partition coefficient (Wildman–Crippen LogP) is 3.42. The molecule has 14 heavy (non-hydrogen) atoms. The molecule has 1 rings (SSSR count). The zero-order valence-corrected chi connectivity index (χ0v) is 7.49. The Labute approximate surface area is 82.2 Å². The molecule has 0 spiro atoms. The van der Waals surface area contributed by atoms with Crippen molar-refractivity contribution in [2.24, 2.45) is 0 Å². The second-order valence-corrected chi connectivity index (χ2v) is 2.95. The van der Waals surface area contributed by atoms with Gasteiger partial charge in [0.05, 0.1) is 0 Å². The first-order valence-electron chi connectivity index (χ1n) is 3.52. The van der Waals surface area contributed by atoms with Crippen molar-refractivity contribution in [1.29, 1.82) is 0 Å². The van der Waals surface area contributed by atoms with Crippen LogP contribution in [0.25, 0.3) is 0 Å². The lowest BCUT2D eigenvalue weighted by molar-refractivity contribution is -0.153. The van der Waals surface area contributed by atoms with Gasteiger partial charge in [-0.2, -0.15) is 13.2 Å². The highest BCUT2D eigenvalue weighted by molar-refractivity contribution is 6.30. The zero-order valence-electron chi connectivity index (χ0n) is 6.74. The second kappa shape index (κ2) is 4.04. The molecule has 0 radical (unpaired) electrons. The molecular weight excluding hydrogens is 224 g/mol. The predicted molar refractivity (Wildman–Crippen MR) is 43.0 cm³/mol. The monoisotopic (exact) mass is 228 g/mol. The van der Waals surface area contributed by atoms with E-state index in [4.69, 9.17) is 11.6 Å². The van der Waals surface area contributed by atoms with E-state index < -0.39 is 18.6 Å². The normalized spacial score (nSPS) is 11.5. The molecule has 0 saturated heterocycles. The molecule has 1 nitrogen and oxygen atoms in total. The Morgan fingerprint density at radius 2 is 1.86 bits per heavy atom. The smallest absolute Gasteiger partial charge is 0.422 e. The van der Waals surface area contributed by atoms with Crippen LogP contribution in [0.1, 0.15) is 0 Å². The van der Waals surface area contributed by atoms with Gasteiger partial charge in [0, 0.05) is 11.1 Å². The van der Waals surface area contributed by atoms with Gasteiger partial charge in [-0.15, -0.1) is 0 Å². The summed E-state index contributed by atoms with van der Waals surface area (Å²) in [6, 6.07) is 2.91. The number of halogens is 5. The van der Waals surface area contributed by atoms with Crippen molar-refractivity contribution in [3.63, 3.8) is 0 Å². The minimum atomic E-state index is -4.45. The van der Waals surface area contributed by atoms with Crippen LogP contribution in [0.2, 0.25) is 5.02 Å². The van der Waals surface area contributed by atoms with E-state index in [9.17, 15) is 17.6 Å². The van der Waals surface area contributed by atoms with Gasteiger partial charge in [0.1, 0.15) is 11.6 Å². The van der Waals surface area contributed by atoms with Crippen LogP contribution in [0, 0.1) is 5.82 Å². The topological polar surface area (TPSA) is 9.23 Å². The van der Waals surface area contributed by atoms with E-state index in [0.29, 0.717) is 0 Å². The van der Waals surface area contributed by atoms with Crippen LogP contribution in [0.5, 0.6) is 5.75 Å². The van der Waals surface area contributed by atoms with E-state index in [1.807, 2.05) is 0 Å². The van der Waals surface area contributed by atoms with Gasteiger partial charge in [-0.1, -0.05) is 11.6 Å². The average molecular weight is 229 g/mol. The Balaban J connectivity index is 2.68. The number of hydrogen-bond acceptors (Lipinski definition) is 1. The van der Waals surface area contributed by atoms with Gasteiger partial charge in [0.15, 0.2) is 6.61 Å². The lowest BCUT2D eigenvalue weighted by Crippen LogP contribution is -2.19. The van der Waals surface area contributed by atoms with Gasteiger partial charge in [0.25, 0.3) is 0 Å². The highest BCUT2D eigenvalue weighted by Gasteiger charge is 2.28. The Morgan fingerprint density at radius 1 is 1.21 bits per heavy atom. The summed E-state index contributed by atoms with van der Waals surface area (Å²) in [7, 11) is 0. The van der Waals surface area contributed by atoms with Crippen LogP contribution >= 0.6 is 11.6 Å². The molecule has 1 aromatic rings. The molecule has 0 amide bonds. The first-order chi connectivity index (χ1) is 6.37. The lowest BCUT2D eigenvalue weighted by atomic mass is 10.3. The van der Waals surface area contributed by atoms with Crippen LogP contribution in [-0.4, -0.2) is 12.8 Å². The third-order valence-electron chi connectivity index (χ3n) is 1.24. The van der Waals surface area contributed by atoms with E-state index in [-0.39, 0.29) is 10.8 Å². The summed E-state index contributed by atoms with van der Waals surface area (Å²) in [5.74, 6) is -0.984. The van der Waals surface area contributed by atoms with Crippen molar-refractivity contribution >= 4 is 11.6 Å². The van der Waals surface area contributed by atoms with Gasteiger partial charge in [0.2, 0.25) is 0 Å². The first kappa shape index (κ1) is 11.1. The maximum Gasteiger partial charge on any atom is 0.422 e. The molecule has 0 bridgehead atoms. The Kier molecular flexibility index (Phi) is 3.21. The molecule has 0 atom stereocenters. The second-order valence-electron chi connectivity index (χ2n) is 2.51. The van der Waals surface area contributed by atoms with Gasteiger partial charge in [-0.25, -0.2) is 4.39 Å². The Hall–Kier alpha value is -0.970. The van der Waals surface area contributed by atoms with Crippen molar-refractivity contribution in [3.8, 4) is 5.75 Å². The average Bonchev–Trinajstić information content (AvgIpc) is 1.97. The third kappa shape index (κ3) is 3.83. The Bertz CT molecular complexity index is 303. The Morgan fingerprint density at radius 3 is 2.36 bits per heavy atom. The number of alkyl halides is 3. The summed E-state index contributed by atoms with van der Waals surface area (Å²) in [4.78, 5) is 0. The van der Waals surface area contributed by atoms with Gasteiger partial charge < -0.3 is 4.74 Å². The quantitative estimate of drug-likeness (QED) is 0.705. The molecule has 6 heteroatoms. The number of rotatable bonds is 2. The fourth-order valence-corrected chi connectivity index (χ4v) is 0.989. The molecule has 0 saturated carbocycles. The van der Waals surface area contributed by atoms with Gasteiger partial charge >= 0.3 is 6.18 Å². The molecule has 0 aliphatic rings. The summed E-state index contributed by atoms with van der Waals surface area (Å²) in [6.07, 6.45) is -4.45. The van der Waals surface area contributed by atoms with Gasteiger partial charge in [-0.05, 0) is 12.1 Å². The molecule has 0 unspecified atom stereocenters. The summed E-state index contributed by atoms with van der Waals surface area (Å²) < 4.78 is 52.0. The van der Waals surface area contributed by atoms with E-state index in [0.717, 1.165) is 18.2 Å². The molecule has 0 aliphatic heterocycles. The fraction of sp³-hybridized carbons (Fsp3) is 0.250. The minimum absolute atomic E-state index is 0.0119. The van der Waals surface area contributed by atoms with Crippen LogP contribution in [-0.2, 0) is 0 Å². The summed E-state index contributed by atoms with van der Waals surface area (Å²) in [6.45, 7) is -1.47. The molecule has 0 aliphatic carbocycles. The molecule has 1 aromatic carbocycles. The van der Waals surface area contributed by atoms with E-state index in [1.54, 1.807) is 0 Å². The molecule has 78 valence electrons. The number of ether oxygens (including phenoxy) is 1. The van der Waals surface area contributed by atoms with Crippen LogP contribution < -0.4 is 4.74 Å². The minimum Gasteiger partial charge on any atom is -0.484 e. The van der Waals surface area contributed by atoms with E-state index in [1.165, 1.54) is 0 Å². The van der Waals surface area contributed by atoms with Crippen molar-refractivity contribution in [2.75, 3.05) is 6.61 Å². The summed E-state index contributed by atoms with van der Waals surface area (Å²) >= 11 is 5.40. The van der Waals surface area contributed by atoms with Crippen molar-refractivity contribution in [2.45, 2.75) is 6.18 Å². The first-order valence-corrected chi connectivity index (χ1v) is 3.90. The van der Waals surface area contributed by atoms with E-state index in [2.05, 4.69) is 4.74 Å². The number of hydrogen-bond donors (Lipinski definition) is 0. The molecular formula is C8H5ClF4O. The maximum absolute atomic E-state index is 12.6. The maximum atomic E-state index is 12.6. The van der Waals surface area contributed by atoms with Crippen LogP contribution in [0.3, 0.4) is 0 Å². The molecule has 0 aromatic heterocycles. The number of benzene rings is 1. The largest absolute Gasteiger partial charge is 0.484 e. The molecule has 0 N–H and O–H groups in total.